The number of carbonyl (C=O) groups excluding carboxylic acids is 1. The van der Waals surface area contributed by atoms with Crippen molar-refractivity contribution in [3.05, 3.63) is 22.6 Å². The van der Waals surface area contributed by atoms with Crippen molar-refractivity contribution in [2.75, 3.05) is 20.6 Å². The van der Waals surface area contributed by atoms with E-state index >= 15 is 0 Å². The highest BCUT2D eigenvalue weighted by molar-refractivity contribution is 5.96. The lowest BCUT2D eigenvalue weighted by molar-refractivity contribution is 0.0917. The van der Waals surface area contributed by atoms with Crippen molar-refractivity contribution in [1.29, 1.82) is 0 Å². The molecule has 1 aromatic heterocycles. The molecule has 1 amide bonds. The summed E-state index contributed by atoms with van der Waals surface area (Å²) < 4.78 is 5.47. The van der Waals surface area contributed by atoms with Gasteiger partial charge in [-0.05, 0) is 48.7 Å². The molecular weight excluding hydrogens is 228 g/mol. The predicted octanol–water partition coefficient (Wildman–Crippen LogP) is 2.27. The normalized spacial score (nSPS) is 12.0. The van der Waals surface area contributed by atoms with Crippen molar-refractivity contribution in [2.24, 2.45) is 0 Å². The van der Waals surface area contributed by atoms with Gasteiger partial charge in [-0.1, -0.05) is 0 Å². The van der Waals surface area contributed by atoms with Crippen LogP contribution < -0.4 is 5.32 Å². The Kier molecular flexibility index (Phi) is 4.22. The van der Waals surface area contributed by atoms with Crippen LogP contribution in [0.2, 0.25) is 0 Å². The molecule has 0 saturated heterocycles. The first-order valence-electron chi connectivity index (χ1n) is 6.19. The fraction of sp³-hybridized carbons (Fsp3) is 0.643. The van der Waals surface area contributed by atoms with Crippen molar-refractivity contribution < 1.29 is 9.21 Å². The summed E-state index contributed by atoms with van der Waals surface area (Å²) >= 11 is 0. The molecule has 1 rings (SSSR count). The van der Waals surface area contributed by atoms with Gasteiger partial charge in [0.2, 0.25) is 0 Å². The van der Waals surface area contributed by atoms with Crippen molar-refractivity contribution >= 4 is 5.91 Å². The molecule has 0 aliphatic heterocycles. The Hall–Kier alpha value is -1.29. The summed E-state index contributed by atoms with van der Waals surface area (Å²) in [6, 6.07) is 0. The maximum Gasteiger partial charge on any atom is 0.255 e. The summed E-state index contributed by atoms with van der Waals surface area (Å²) in [6.45, 7) is 10.4. The van der Waals surface area contributed by atoms with Gasteiger partial charge in [0.1, 0.15) is 11.5 Å². The minimum absolute atomic E-state index is 0.0585. The van der Waals surface area contributed by atoms with E-state index in [-0.39, 0.29) is 11.4 Å². The monoisotopic (exact) mass is 252 g/mol. The van der Waals surface area contributed by atoms with Gasteiger partial charge in [0.25, 0.3) is 5.91 Å². The molecule has 0 atom stereocenters. The fourth-order valence-corrected chi connectivity index (χ4v) is 1.67. The Balaban J connectivity index is 2.78. The summed E-state index contributed by atoms with van der Waals surface area (Å²) in [5, 5.41) is 2.97. The Labute approximate surface area is 109 Å². The SMILES string of the molecule is Cc1oc(C)c(C(=O)NCC(C)(C)N(C)C)c1C. The van der Waals surface area contributed by atoms with Crippen LogP contribution in [0.5, 0.6) is 0 Å². The number of amides is 1. The Morgan fingerprint density at radius 1 is 1.22 bits per heavy atom. The highest BCUT2D eigenvalue weighted by Crippen LogP contribution is 2.20. The molecule has 0 spiro atoms. The van der Waals surface area contributed by atoms with Gasteiger partial charge in [-0.25, -0.2) is 0 Å². The summed E-state index contributed by atoms with van der Waals surface area (Å²) in [4.78, 5) is 14.3. The van der Waals surface area contributed by atoms with Crippen LogP contribution in [-0.4, -0.2) is 37.0 Å². The molecule has 0 aliphatic carbocycles. The van der Waals surface area contributed by atoms with Crippen molar-refractivity contribution in [2.45, 2.75) is 40.2 Å². The first-order valence-corrected chi connectivity index (χ1v) is 6.19. The van der Waals surface area contributed by atoms with Crippen LogP contribution in [-0.2, 0) is 0 Å². The number of hydrogen-bond donors (Lipinski definition) is 1. The molecule has 1 heterocycles. The lowest BCUT2D eigenvalue weighted by Gasteiger charge is -2.32. The lowest BCUT2D eigenvalue weighted by atomic mass is 10.0. The first kappa shape index (κ1) is 14.8. The molecule has 0 aliphatic rings. The summed E-state index contributed by atoms with van der Waals surface area (Å²) in [7, 11) is 4.01. The largest absolute Gasteiger partial charge is 0.466 e. The topological polar surface area (TPSA) is 45.5 Å². The third-order valence-corrected chi connectivity index (χ3v) is 3.68. The average molecular weight is 252 g/mol. The smallest absolute Gasteiger partial charge is 0.255 e. The van der Waals surface area contributed by atoms with Gasteiger partial charge < -0.3 is 14.6 Å². The van der Waals surface area contributed by atoms with E-state index in [2.05, 4.69) is 24.1 Å². The molecule has 0 aromatic carbocycles. The molecule has 1 aromatic rings. The molecule has 4 nitrogen and oxygen atoms in total. The zero-order chi connectivity index (χ0) is 14.1. The van der Waals surface area contributed by atoms with Gasteiger partial charge in [-0.2, -0.15) is 0 Å². The number of furan rings is 1. The number of rotatable bonds is 4. The minimum Gasteiger partial charge on any atom is -0.466 e. The van der Waals surface area contributed by atoms with Gasteiger partial charge in [0.05, 0.1) is 5.56 Å². The van der Waals surface area contributed by atoms with E-state index in [1.165, 1.54) is 0 Å². The third kappa shape index (κ3) is 2.93. The summed E-state index contributed by atoms with van der Waals surface area (Å²) in [6.07, 6.45) is 0. The minimum atomic E-state index is -0.0732. The van der Waals surface area contributed by atoms with Crippen LogP contribution >= 0.6 is 0 Å². The average Bonchev–Trinajstić information content (AvgIpc) is 2.50. The van der Waals surface area contributed by atoms with E-state index in [0.717, 1.165) is 11.3 Å². The summed E-state index contributed by atoms with van der Waals surface area (Å²) in [5.41, 5.74) is 1.52. The zero-order valence-corrected chi connectivity index (χ0v) is 12.5. The number of nitrogens with zero attached hydrogens (tertiary/aromatic N) is 1. The third-order valence-electron chi connectivity index (χ3n) is 3.68. The molecule has 0 saturated carbocycles. The molecular formula is C14H24N2O2. The number of aryl methyl sites for hydroxylation is 2. The van der Waals surface area contributed by atoms with E-state index in [0.29, 0.717) is 17.9 Å². The molecule has 4 heteroatoms. The predicted molar refractivity (Wildman–Crippen MR) is 73.0 cm³/mol. The Bertz CT molecular complexity index is 445. The van der Waals surface area contributed by atoms with Crippen molar-refractivity contribution in [3.8, 4) is 0 Å². The molecule has 18 heavy (non-hydrogen) atoms. The second-order valence-electron chi connectivity index (χ2n) is 5.60. The molecule has 0 unspecified atom stereocenters. The Morgan fingerprint density at radius 2 is 1.78 bits per heavy atom. The standard InChI is InChI=1S/C14H24N2O2/c1-9-10(2)18-11(3)12(9)13(17)15-8-14(4,5)16(6)7/h8H2,1-7H3,(H,15,17). The zero-order valence-electron chi connectivity index (χ0n) is 12.5. The molecule has 102 valence electrons. The van der Waals surface area contributed by atoms with Gasteiger partial charge in [-0.3, -0.25) is 4.79 Å². The van der Waals surface area contributed by atoms with Crippen LogP contribution in [0.3, 0.4) is 0 Å². The second kappa shape index (κ2) is 5.14. The maximum atomic E-state index is 12.2. The number of hydrogen-bond acceptors (Lipinski definition) is 3. The number of likely N-dealkylation sites (N-methyl/N-ethyl adjacent to an activating group) is 1. The number of nitrogens with one attached hydrogen (secondary N) is 1. The maximum absolute atomic E-state index is 12.2. The summed E-state index contributed by atoms with van der Waals surface area (Å²) in [5.74, 6) is 1.44. The van der Waals surface area contributed by atoms with E-state index in [4.69, 9.17) is 4.42 Å². The van der Waals surface area contributed by atoms with E-state index in [9.17, 15) is 4.79 Å². The Morgan fingerprint density at radius 3 is 2.17 bits per heavy atom. The van der Waals surface area contributed by atoms with Crippen molar-refractivity contribution in [1.82, 2.24) is 10.2 Å². The van der Waals surface area contributed by atoms with Crippen LogP contribution in [0.1, 0.15) is 41.3 Å². The van der Waals surface area contributed by atoms with E-state index in [1.54, 1.807) is 0 Å². The van der Waals surface area contributed by atoms with Crippen LogP contribution in [0.15, 0.2) is 4.42 Å². The van der Waals surface area contributed by atoms with Crippen LogP contribution in [0.25, 0.3) is 0 Å². The van der Waals surface area contributed by atoms with E-state index < -0.39 is 0 Å². The second-order valence-corrected chi connectivity index (χ2v) is 5.60. The van der Waals surface area contributed by atoms with Crippen LogP contribution in [0.4, 0.5) is 0 Å². The van der Waals surface area contributed by atoms with Gasteiger partial charge in [-0.15, -0.1) is 0 Å². The van der Waals surface area contributed by atoms with E-state index in [1.807, 2.05) is 34.9 Å². The van der Waals surface area contributed by atoms with Gasteiger partial charge in [0.15, 0.2) is 0 Å². The molecule has 1 N–H and O–H groups in total. The van der Waals surface area contributed by atoms with Gasteiger partial charge in [0, 0.05) is 17.6 Å². The van der Waals surface area contributed by atoms with Crippen molar-refractivity contribution in [3.63, 3.8) is 0 Å². The lowest BCUT2D eigenvalue weighted by Crippen LogP contribution is -2.48. The molecule has 0 radical (unpaired) electrons. The highest BCUT2D eigenvalue weighted by Gasteiger charge is 2.24. The van der Waals surface area contributed by atoms with Gasteiger partial charge >= 0.3 is 0 Å². The first-order chi connectivity index (χ1) is 8.16. The number of carbonyl (C=O) groups is 1. The van der Waals surface area contributed by atoms with Crippen LogP contribution in [0, 0.1) is 20.8 Å². The fourth-order valence-electron chi connectivity index (χ4n) is 1.67. The molecule has 0 fully saturated rings. The highest BCUT2D eigenvalue weighted by atomic mass is 16.3. The molecule has 0 bridgehead atoms. The quantitative estimate of drug-likeness (QED) is 0.894.